The van der Waals surface area contributed by atoms with E-state index in [1.165, 1.54) is 68.9 Å². The van der Waals surface area contributed by atoms with Crippen LogP contribution in [0, 0.1) is 0 Å². The summed E-state index contributed by atoms with van der Waals surface area (Å²) in [5, 5.41) is 26.3. The average molecular weight is 855 g/mol. The van der Waals surface area contributed by atoms with Crippen LogP contribution in [0.2, 0.25) is 0 Å². The van der Waals surface area contributed by atoms with Gasteiger partial charge in [0, 0.05) is 110 Å². The first-order valence-electron chi connectivity index (χ1n) is 19.3. The van der Waals surface area contributed by atoms with Crippen LogP contribution in [-0.2, 0) is 67.3 Å². The van der Waals surface area contributed by atoms with Crippen LogP contribution in [0.3, 0.4) is 0 Å². The van der Waals surface area contributed by atoms with Crippen molar-refractivity contribution < 1.29 is 33.9 Å². The Labute approximate surface area is 351 Å². The number of nitrogens with zero attached hydrogens (tertiary/aromatic N) is 6. The summed E-state index contributed by atoms with van der Waals surface area (Å²) in [4.78, 5) is 124. The fourth-order valence-electron chi connectivity index (χ4n) is 6.42. The number of hydrogen-bond acceptors (Lipinski definition) is 13. The molecule has 0 bridgehead atoms. The standard InChI is InChI=1S/C37H46N18O7/c1-38-26(2-20-8-39-14-45-20)32(56)51-27(3-21-9-40-15-46-21)33(57)52-28(4-22-10-41-16-47-22)34(58)53-29(5-23-11-42-17-48-23)35(59)54-30(6-24-12-43-18-49-24)36(60)55-31(37(61)62)7-25-13-44-19-50-25/h8-19,26-31,38H,2-7H2,1H3,(H,39,45)(H,40,46)(H,41,47)(H,42,48)(H,43,49)(H,44,50)(H,51,56)(H,52,57)(H,53,58)(H,54,59)(H,55,60)(H,61,62). The van der Waals surface area contributed by atoms with Gasteiger partial charge in [-0.15, -0.1) is 0 Å². The Morgan fingerprint density at radius 1 is 0.403 bits per heavy atom. The van der Waals surface area contributed by atoms with E-state index in [0.29, 0.717) is 34.2 Å². The van der Waals surface area contributed by atoms with Gasteiger partial charge in [-0.25, -0.2) is 34.7 Å². The summed E-state index contributed by atoms with van der Waals surface area (Å²) >= 11 is 0. The molecule has 6 aromatic rings. The third-order valence-corrected chi connectivity index (χ3v) is 9.68. The summed E-state index contributed by atoms with van der Waals surface area (Å²) in [7, 11) is 1.60. The highest BCUT2D eigenvalue weighted by Crippen LogP contribution is 2.09. The normalized spacial score (nSPS) is 14.1. The van der Waals surface area contributed by atoms with Gasteiger partial charge in [-0.1, -0.05) is 0 Å². The minimum Gasteiger partial charge on any atom is -0.480 e. The van der Waals surface area contributed by atoms with Gasteiger partial charge in [0.15, 0.2) is 0 Å². The number of carbonyl (C=O) groups is 6. The van der Waals surface area contributed by atoms with Gasteiger partial charge in [0.1, 0.15) is 30.2 Å². The Hall–Kier alpha value is -7.96. The zero-order valence-corrected chi connectivity index (χ0v) is 33.2. The van der Waals surface area contributed by atoms with E-state index in [1.807, 2.05) is 0 Å². The van der Waals surface area contributed by atoms with Crippen LogP contribution in [0.5, 0.6) is 0 Å². The van der Waals surface area contributed by atoms with Crippen molar-refractivity contribution in [3.63, 3.8) is 0 Å². The maximum absolute atomic E-state index is 14.3. The van der Waals surface area contributed by atoms with Crippen molar-refractivity contribution >= 4 is 35.5 Å². The summed E-state index contributed by atoms with van der Waals surface area (Å²) in [6.07, 6.45) is 17.0. The molecule has 6 aromatic heterocycles. The van der Waals surface area contributed by atoms with E-state index in [0.717, 1.165) is 0 Å². The Bertz CT molecular complexity index is 2290. The number of hydrogen-bond donors (Lipinski definition) is 13. The van der Waals surface area contributed by atoms with Gasteiger partial charge < -0.3 is 66.9 Å². The summed E-state index contributed by atoms with van der Waals surface area (Å²) in [5.74, 6) is -5.00. The lowest BCUT2D eigenvalue weighted by Crippen LogP contribution is -2.60. The lowest BCUT2D eigenvalue weighted by molar-refractivity contribution is -0.142. The van der Waals surface area contributed by atoms with Crippen LogP contribution < -0.4 is 31.9 Å². The second-order valence-corrected chi connectivity index (χ2v) is 14.2. The number of aromatic nitrogens is 12. The molecule has 62 heavy (non-hydrogen) atoms. The smallest absolute Gasteiger partial charge is 0.326 e. The summed E-state index contributed by atoms with van der Waals surface area (Å²) < 4.78 is 0. The zero-order chi connectivity index (χ0) is 43.8. The first kappa shape index (κ1) is 43.6. The second-order valence-electron chi connectivity index (χ2n) is 14.2. The summed E-state index contributed by atoms with van der Waals surface area (Å²) in [6, 6.07) is -7.42. The molecule has 0 aliphatic heterocycles. The van der Waals surface area contributed by atoms with Crippen LogP contribution in [0.25, 0.3) is 0 Å². The Morgan fingerprint density at radius 2 is 0.613 bits per heavy atom. The molecule has 25 nitrogen and oxygen atoms in total. The third kappa shape index (κ3) is 12.5. The number of carboxylic acids is 1. The Morgan fingerprint density at radius 3 is 0.823 bits per heavy atom. The summed E-state index contributed by atoms with van der Waals surface area (Å²) in [5.41, 5.74) is 3.01. The molecule has 0 spiro atoms. The number of rotatable bonds is 24. The molecule has 326 valence electrons. The van der Waals surface area contributed by atoms with E-state index in [1.54, 1.807) is 13.2 Å². The minimum absolute atomic E-state index is 0.0221. The number of carbonyl (C=O) groups excluding carboxylic acids is 5. The van der Waals surface area contributed by atoms with E-state index >= 15 is 0 Å². The highest BCUT2D eigenvalue weighted by atomic mass is 16.4. The van der Waals surface area contributed by atoms with Gasteiger partial charge in [0.05, 0.1) is 44.0 Å². The SMILES string of the molecule is CNC(Cc1cnc[nH]1)C(=O)NC(Cc1cnc[nH]1)C(=O)NC(Cc1cnc[nH]1)C(=O)NC(Cc1cnc[nH]1)C(=O)NC(Cc1cnc[nH]1)C(=O)NC(Cc1cnc[nH]1)C(=O)O. The molecule has 6 unspecified atom stereocenters. The number of amides is 5. The largest absolute Gasteiger partial charge is 0.480 e. The third-order valence-electron chi connectivity index (χ3n) is 9.68. The highest BCUT2D eigenvalue weighted by Gasteiger charge is 2.34. The molecule has 6 rings (SSSR count). The molecule has 0 aromatic carbocycles. The quantitative estimate of drug-likeness (QED) is 0.0287. The van der Waals surface area contributed by atoms with Gasteiger partial charge in [-0.05, 0) is 7.05 Å². The molecule has 5 amide bonds. The molecule has 25 heteroatoms. The summed E-state index contributed by atoms with van der Waals surface area (Å²) in [6.45, 7) is 0. The van der Waals surface area contributed by atoms with Crippen molar-refractivity contribution in [1.82, 2.24) is 91.7 Å². The molecular formula is C37H46N18O7. The van der Waals surface area contributed by atoms with Gasteiger partial charge in [-0.3, -0.25) is 24.0 Å². The van der Waals surface area contributed by atoms with Crippen LogP contribution in [0.1, 0.15) is 34.2 Å². The van der Waals surface area contributed by atoms with Gasteiger partial charge in [0.2, 0.25) is 29.5 Å². The van der Waals surface area contributed by atoms with Crippen LogP contribution in [0.4, 0.5) is 0 Å². The molecular weight excluding hydrogens is 809 g/mol. The fraction of sp³-hybridized carbons (Fsp3) is 0.351. The number of H-pyrrole nitrogens is 6. The molecule has 13 N–H and O–H groups in total. The fourth-order valence-corrected chi connectivity index (χ4v) is 6.42. The number of imidazole rings is 6. The first-order chi connectivity index (χ1) is 30.0. The molecule has 0 aliphatic carbocycles. The van der Waals surface area contributed by atoms with Crippen molar-refractivity contribution in [3.05, 3.63) is 109 Å². The van der Waals surface area contributed by atoms with Crippen molar-refractivity contribution in [2.24, 2.45) is 0 Å². The van der Waals surface area contributed by atoms with Crippen molar-refractivity contribution in [1.29, 1.82) is 0 Å². The molecule has 0 saturated heterocycles. The molecule has 0 radical (unpaired) electrons. The van der Waals surface area contributed by atoms with Crippen LogP contribution in [-0.4, -0.2) is 144 Å². The van der Waals surface area contributed by atoms with Crippen molar-refractivity contribution in [2.45, 2.75) is 74.8 Å². The van der Waals surface area contributed by atoms with Crippen LogP contribution >= 0.6 is 0 Å². The van der Waals surface area contributed by atoms with Crippen molar-refractivity contribution in [3.8, 4) is 0 Å². The van der Waals surface area contributed by atoms with Gasteiger partial charge in [-0.2, -0.15) is 0 Å². The number of nitrogens with one attached hydrogen (secondary N) is 12. The molecule has 0 fully saturated rings. The highest BCUT2D eigenvalue weighted by molar-refractivity contribution is 5.96. The molecule has 6 atom stereocenters. The number of aromatic amines is 6. The molecule has 6 heterocycles. The topological polar surface area (TPSA) is 367 Å². The first-order valence-corrected chi connectivity index (χ1v) is 19.3. The van der Waals surface area contributed by atoms with E-state index in [2.05, 4.69) is 91.7 Å². The number of aliphatic carboxylic acids is 1. The average Bonchev–Trinajstić information content (AvgIpc) is 4.11. The van der Waals surface area contributed by atoms with E-state index in [9.17, 15) is 33.9 Å². The maximum atomic E-state index is 14.3. The second kappa shape index (κ2) is 21.3. The Kier molecular flexibility index (Phi) is 15.0. The monoisotopic (exact) mass is 854 g/mol. The van der Waals surface area contributed by atoms with Crippen LogP contribution in [0.15, 0.2) is 75.1 Å². The maximum Gasteiger partial charge on any atom is 0.326 e. The lowest BCUT2D eigenvalue weighted by Gasteiger charge is -2.27. The lowest BCUT2D eigenvalue weighted by atomic mass is 10.0. The predicted octanol–water partition coefficient (Wildman–Crippen LogP) is -3.12. The van der Waals surface area contributed by atoms with Gasteiger partial charge in [0.25, 0.3) is 0 Å². The van der Waals surface area contributed by atoms with E-state index in [4.69, 9.17) is 0 Å². The predicted molar refractivity (Wildman–Crippen MR) is 214 cm³/mol. The molecule has 0 aliphatic rings. The zero-order valence-electron chi connectivity index (χ0n) is 33.2. The van der Waals surface area contributed by atoms with E-state index < -0.39 is 71.8 Å². The van der Waals surface area contributed by atoms with E-state index in [-0.39, 0.29) is 38.5 Å². The Balaban J connectivity index is 1.22. The van der Waals surface area contributed by atoms with Crippen molar-refractivity contribution in [2.75, 3.05) is 7.05 Å². The number of carboxylic acid groups (broad SMARTS) is 1. The number of likely N-dealkylation sites (N-methyl/N-ethyl adjacent to an activating group) is 1. The van der Waals surface area contributed by atoms with Gasteiger partial charge >= 0.3 is 5.97 Å². The minimum atomic E-state index is -1.39. The molecule has 0 saturated carbocycles.